The molecule has 0 unspecified atom stereocenters. The summed E-state index contributed by atoms with van der Waals surface area (Å²) in [4.78, 5) is 0. The fourth-order valence-electron chi connectivity index (χ4n) is 2.80. The van der Waals surface area contributed by atoms with Gasteiger partial charge in [-0.3, -0.25) is 0 Å². The summed E-state index contributed by atoms with van der Waals surface area (Å²) >= 11 is 2.46. The van der Waals surface area contributed by atoms with E-state index >= 15 is 0 Å². The van der Waals surface area contributed by atoms with Crippen LogP contribution in [0.3, 0.4) is 0 Å². The van der Waals surface area contributed by atoms with Gasteiger partial charge in [0.2, 0.25) is 0 Å². The highest BCUT2D eigenvalue weighted by Crippen LogP contribution is 2.45. The third-order valence-electron chi connectivity index (χ3n) is 3.52. The van der Waals surface area contributed by atoms with Crippen LogP contribution in [0, 0.1) is 11.8 Å². The molecular formula is C13H19IO. The number of hydrogen-bond acceptors (Lipinski definition) is 1. The zero-order valence-electron chi connectivity index (χ0n) is 9.34. The minimum atomic E-state index is 0.713. The van der Waals surface area contributed by atoms with E-state index in [1.165, 1.54) is 30.1 Å². The Morgan fingerprint density at radius 1 is 1.27 bits per heavy atom. The lowest BCUT2D eigenvalue weighted by atomic mass is 9.93. The van der Waals surface area contributed by atoms with Crippen molar-refractivity contribution in [2.75, 3.05) is 18.1 Å². The third-order valence-corrected chi connectivity index (χ3v) is 4.28. The number of hydrogen-bond donors (Lipinski definition) is 0. The van der Waals surface area contributed by atoms with E-state index in [0.29, 0.717) is 5.92 Å². The number of methoxy groups -OCH3 is 1. The maximum atomic E-state index is 5.32. The fourth-order valence-corrected chi connectivity index (χ4v) is 3.34. The van der Waals surface area contributed by atoms with Crippen LogP contribution < -0.4 is 0 Å². The van der Waals surface area contributed by atoms with Crippen LogP contribution in [0.4, 0.5) is 0 Å². The molecule has 0 aromatic carbocycles. The summed E-state index contributed by atoms with van der Waals surface area (Å²) in [5.74, 6) is 1.47. The van der Waals surface area contributed by atoms with Crippen LogP contribution in [-0.2, 0) is 4.74 Å². The lowest BCUT2D eigenvalue weighted by Crippen LogP contribution is -2.05. The van der Waals surface area contributed by atoms with Crippen molar-refractivity contribution in [3.8, 4) is 0 Å². The van der Waals surface area contributed by atoms with Crippen molar-refractivity contribution >= 4 is 22.6 Å². The van der Waals surface area contributed by atoms with Gasteiger partial charge in [0.15, 0.2) is 0 Å². The second-order valence-corrected chi connectivity index (χ2v) is 5.54. The van der Waals surface area contributed by atoms with E-state index in [2.05, 4.69) is 34.7 Å². The smallest absolute Gasteiger partial charge is 0.0681 e. The van der Waals surface area contributed by atoms with E-state index in [4.69, 9.17) is 4.74 Å². The molecule has 0 fully saturated rings. The molecule has 2 bridgehead atoms. The first-order valence-corrected chi connectivity index (χ1v) is 7.34. The Labute approximate surface area is 106 Å². The molecule has 0 saturated carbocycles. The summed E-state index contributed by atoms with van der Waals surface area (Å²) in [5.41, 5.74) is 3.30. The second-order valence-electron chi connectivity index (χ2n) is 4.46. The van der Waals surface area contributed by atoms with Crippen LogP contribution >= 0.6 is 22.6 Å². The van der Waals surface area contributed by atoms with Gasteiger partial charge in [0, 0.05) is 13.0 Å². The number of rotatable bonds is 6. The van der Waals surface area contributed by atoms with E-state index in [0.717, 1.165) is 12.5 Å². The number of fused-ring (bicyclic) bond motifs is 2. The van der Waals surface area contributed by atoms with E-state index < -0.39 is 0 Å². The van der Waals surface area contributed by atoms with Gasteiger partial charge in [0.05, 0.1) is 6.61 Å². The summed E-state index contributed by atoms with van der Waals surface area (Å²) in [5, 5.41) is 0. The standard InChI is InChI=1S/C13H19IO/c1-15-9-13-11-6-5-10(8-11)12(13)4-2-3-7-14/h5-6,10-11H,2-4,7-9H2,1H3/t10-,11+/m1/s1. The van der Waals surface area contributed by atoms with Gasteiger partial charge in [-0.25, -0.2) is 0 Å². The third kappa shape index (κ3) is 2.47. The molecule has 1 nitrogen and oxygen atoms in total. The lowest BCUT2D eigenvalue weighted by molar-refractivity contribution is 0.219. The van der Waals surface area contributed by atoms with Gasteiger partial charge in [0.1, 0.15) is 0 Å². The molecule has 0 heterocycles. The van der Waals surface area contributed by atoms with E-state index in [-0.39, 0.29) is 0 Å². The summed E-state index contributed by atoms with van der Waals surface area (Å²) in [6.45, 7) is 0.852. The monoisotopic (exact) mass is 318 g/mol. The van der Waals surface area contributed by atoms with Gasteiger partial charge in [-0.1, -0.05) is 40.3 Å². The normalized spacial score (nSPS) is 28.1. The zero-order valence-corrected chi connectivity index (χ0v) is 11.5. The summed E-state index contributed by atoms with van der Waals surface area (Å²) in [6.07, 6.45) is 10.1. The summed E-state index contributed by atoms with van der Waals surface area (Å²) < 4.78 is 6.61. The SMILES string of the molecule is COCC1=C(CCCCI)[C@@H]2C=C[C@H]1C2. The largest absolute Gasteiger partial charge is 0.380 e. The van der Waals surface area contributed by atoms with Crippen LogP contribution in [-0.4, -0.2) is 18.1 Å². The van der Waals surface area contributed by atoms with Crippen molar-refractivity contribution in [3.05, 3.63) is 23.3 Å². The van der Waals surface area contributed by atoms with E-state index in [1.807, 2.05) is 7.11 Å². The molecule has 0 saturated heterocycles. The summed E-state index contributed by atoms with van der Waals surface area (Å²) in [6, 6.07) is 0. The molecule has 2 rings (SSSR count). The zero-order chi connectivity index (χ0) is 10.7. The predicted molar refractivity (Wildman–Crippen MR) is 72.4 cm³/mol. The highest BCUT2D eigenvalue weighted by atomic mass is 127. The minimum Gasteiger partial charge on any atom is -0.380 e. The van der Waals surface area contributed by atoms with E-state index in [1.54, 1.807) is 11.1 Å². The molecule has 15 heavy (non-hydrogen) atoms. The van der Waals surface area contributed by atoms with Crippen molar-refractivity contribution in [3.63, 3.8) is 0 Å². The van der Waals surface area contributed by atoms with Gasteiger partial charge >= 0.3 is 0 Å². The van der Waals surface area contributed by atoms with Crippen LogP contribution in [0.25, 0.3) is 0 Å². The van der Waals surface area contributed by atoms with Crippen molar-refractivity contribution in [1.82, 2.24) is 0 Å². The number of ether oxygens (including phenoxy) is 1. The van der Waals surface area contributed by atoms with Crippen molar-refractivity contribution in [1.29, 1.82) is 0 Å². The van der Waals surface area contributed by atoms with Gasteiger partial charge < -0.3 is 4.74 Å². The Morgan fingerprint density at radius 2 is 2.00 bits per heavy atom. The Kier molecular flexibility index (Phi) is 4.26. The lowest BCUT2D eigenvalue weighted by Gasteiger charge is -2.15. The first-order chi connectivity index (χ1) is 7.36. The predicted octanol–water partition coefficient (Wildman–Crippen LogP) is 3.74. The molecule has 0 radical (unpaired) electrons. The van der Waals surface area contributed by atoms with Crippen LogP contribution in [0.15, 0.2) is 23.3 Å². The van der Waals surface area contributed by atoms with Crippen LogP contribution in [0.5, 0.6) is 0 Å². The number of halogens is 1. The fraction of sp³-hybridized carbons (Fsp3) is 0.692. The average molecular weight is 318 g/mol. The molecule has 2 aliphatic carbocycles. The molecule has 0 aromatic rings. The molecule has 0 N–H and O–H groups in total. The minimum absolute atomic E-state index is 0.713. The highest BCUT2D eigenvalue weighted by molar-refractivity contribution is 14.1. The first-order valence-electron chi connectivity index (χ1n) is 5.82. The Balaban J connectivity index is 1.98. The van der Waals surface area contributed by atoms with Crippen molar-refractivity contribution < 1.29 is 4.74 Å². The Bertz CT molecular complexity index is 280. The van der Waals surface area contributed by atoms with Gasteiger partial charge in [-0.2, -0.15) is 0 Å². The molecule has 2 aliphatic rings. The molecule has 0 amide bonds. The molecular weight excluding hydrogens is 299 g/mol. The molecule has 2 atom stereocenters. The topological polar surface area (TPSA) is 9.23 Å². The number of allylic oxidation sites excluding steroid dienone is 3. The Morgan fingerprint density at radius 3 is 2.67 bits per heavy atom. The van der Waals surface area contributed by atoms with Gasteiger partial charge in [-0.15, -0.1) is 0 Å². The molecule has 0 spiro atoms. The molecule has 2 heteroatoms. The van der Waals surface area contributed by atoms with Gasteiger partial charge in [0.25, 0.3) is 0 Å². The van der Waals surface area contributed by atoms with Crippen molar-refractivity contribution in [2.45, 2.75) is 25.7 Å². The van der Waals surface area contributed by atoms with Crippen molar-refractivity contribution in [2.24, 2.45) is 11.8 Å². The molecule has 84 valence electrons. The quantitative estimate of drug-likeness (QED) is 0.314. The number of unbranched alkanes of at least 4 members (excludes halogenated alkanes) is 1. The van der Waals surface area contributed by atoms with Crippen LogP contribution in [0.2, 0.25) is 0 Å². The van der Waals surface area contributed by atoms with E-state index in [9.17, 15) is 0 Å². The maximum absolute atomic E-state index is 5.32. The molecule has 0 aliphatic heterocycles. The Hall–Kier alpha value is 0.170. The average Bonchev–Trinajstić information content (AvgIpc) is 2.81. The second kappa shape index (κ2) is 5.48. The number of alkyl halides is 1. The van der Waals surface area contributed by atoms with Crippen LogP contribution in [0.1, 0.15) is 25.7 Å². The first kappa shape index (κ1) is 11.6. The molecule has 0 aromatic heterocycles. The highest BCUT2D eigenvalue weighted by Gasteiger charge is 2.33. The maximum Gasteiger partial charge on any atom is 0.0681 e. The summed E-state index contributed by atoms with van der Waals surface area (Å²) in [7, 11) is 1.81. The van der Waals surface area contributed by atoms with Gasteiger partial charge in [-0.05, 0) is 41.6 Å².